The number of hydrogen-bond donors (Lipinski definition) is 1. The zero-order valence-electron chi connectivity index (χ0n) is 21.3. The standard InChI is InChI=1S/C32H24N2O5S/c35-30(36)19-34-31(37)29(40-32(34)38)17-26-15-25-16-27(39-20-21-6-2-1-3-7-21)12-13-28(25)33(26)18-22-10-11-23-8-4-5-9-24(23)14-22/h1-17H,18-20H2,(H,35,36). The molecule has 1 saturated heterocycles. The molecule has 0 spiro atoms. The van der Waals surface area contributed by atoms with Gasteiger partial charge < -0.3 is 14.4 Å². The first-order valence-corrected chi connectivity index (χ1v) is 13.5. The second-order valence-electron chi connectivity index (χ2n) is 9.49. The maximum absolute atomic E-state index is 12.9. The van der Waals surface area contributed by atoms with Gasteiger partial charge in [-0.2, -0.15) is 0 Å². The summed E-state index contributed by atoms with van der Waals surface area (Å²) in [5.74, 6) is -1.13. The van der Waals surface area contributed by atoms with Crippen LogP contribution in [0.2, 0.25) is 0 Å². The maximum Gasteiger partial charge on any atom is 0.323 e. The van der Waals surface area contributed by atoms with Crippen molar-refractivity contribution in [3.63, 3.8) is 0 Å². The van der Waals surface area contributed by atoms with E-state index >= 15 is 0 Å². The molecular formula is C32H24N2O5S. The molecule has 7 nitrogen and oxygen atoms in total. The number of carboxylic acid groups (broad SMARTS) is 1. The van der Waals surface area contributed by atoms with E-state index < -0.39 is 23.7 Å². The van der Waals surface area contributed by atoms with Gasteiger partial charge in [-0.05, 0) is 70.1 Å². The van der Waals surface area contributed by atoms with E-state index in [0.29, 0.717) is 18.9 Å². The number of carboxylic acids is 1. The van der Waals surface area contributed by atoms with Crippen LogP contribution in [0.1, 0.15) is 16.8 Å². The molecule has 1 aliphatic rings. The maximum atomic E-state index is 12.9. The normalized spacial score (nSPS) is 14.5. The Morgan fingerprint density at radius 1 is 0.825 bits per heavy atom. The number of carbonyl (C=O) groups excluding carboxylic acids is 2. The van der Waals surface area contributed by atoms with Gasteiger partial charge in [0.1, 0.15) is 18.9 Å². The topological polar surface area (TPSA) is 88.8 Å². The summed E-state index contributed by atoms with van der Waals surface area (Å²) in [7, 11) is 0. The van der Waals surface area contributed by atoms with Gasteiger partial charge in [0.15, 0.2) is 0 Å². The second-order valence-corrected chi connectivity index (χ2v) is 10.5. The van der Waals surface area contributed by atoms with Gasteiger partial charge in [-0.25, -0.2) is 0 Å². The summed E-state index contributed by atoms with van der Waals surface area (Å²) in [4.78, 5) is 37.4. The minimum Gasteiger partial charge on any atom is -0.489 e. The molecule has 1 N–H and O–H groups in total. The van der Waals surface area contributed by atoms with Crippen LogP contribution in [0.4, 0.5) is 4.79 Å². The highest BCUT2D eigenvalue weighted by atomic mass is 32.2. The van der Waals surface area contributed by atoms with Crippen LogP contribution in [0, 0.1) is 0 Å². The first-order chi connectivity index (χ1) is 19.4. The van der Waals surface area contributed by atoms with Crippen LogP contribution in [0.25, 0.3) is 27.8 Å². The Morgan fingerprint density at radius 3 is 2.40 bits per heavy atom. The lowest BCUT2D eigenvalue weighted by atomic mass is 10.1. The number of thioether (sulfide) groups is 1. The lowest BCUT2D eigenvalue weighted by Crippen LogP contribution is -2.33. The molecule has 40 heavy (non-hydrogen) atoms. The van der Waals surface area contributed by atoms with Gasteiger partial charge in [-0.15, -0.1) is 0 Å². The lowest BCUT2D eigenvalue weighted by Gasteiger charge is -2.11. The first kappa shape index (κ1) is 25.5. The van der Waals surface area contributed by atoms with Crippen molar-refractivity contribution in [1.82, 2.24) is 9.47 Å². The summed E-state index contributed by atoms with van der Waals surface area (Å²) in [6, 6.07) is 32.2. The Hall–Kier alpha value is -4.82. The number of hydrogen-bond acceptors (Lipinski definition) is 5. The molecule has 8 heteroatoms. The van der Waals surface area contributed by atoms with Crippen molar-refractivity contribution in [2.45, 2.75) is 13.2 Å². The molecule has 1 aromatic heterocycles. The molecule has 198 valence electrons. The molecule has 1 aliphatic heterocycles. The zero-order valence-corrected chi connectivity index (χ0v) is 22.1. The van der Waals surface area contributed by atoms with Gasteiger partial charge in [0.25, 0.3) is 11.1 Å². The Labute approximate surface area is 234 Å². The summed E-state index contributed by atoms with van der Waals surface area (Å²) in [5.41, 5.74) is 3.81. The smallest absolute Gasteiger partial charge is 0.323 e. The van der Waals surface area contributed by atoms with Gasteiger partial charge >= 0.3 is 5.97 Å². The molecule has 0 radical (unpaired) electrons. The SMILES string of the molecule is O=C(O)CN1C(=O)SC(=Cc2cc3cc(OCc4ccccc4)ccc3n2Cc2ccc3ccccc3c2)C1=O. The van der Waals surface area contributed by atoms with Crippen molar-refractivity contribution in [2.75, 3.05) is 6.54 Å². The van der Waals surface area contributed by atoms with Crippen molar-refractivity contribution in [3.05, 3.63) is 119 Å². The predicted octanol–water partition coefficient (Wildman–Crippen LogP) is 6.54. The third-order valence-electron chi connectivity index (χ3n) is 6.75. The molecule has 5 aromatic rings. The van der Waals surface area contributed by atoms with Crippen molar-refractivity contribution >= 4 is 56.6 Å². The van der Waals surface area contributed by atoms with E-state index in [2.05, 4.69) is 34.9 Å². The Kier molecular flexibility index (Phi) is 6.84. The molecule has 0 saturated carbocycles. The Bertz CT molecular complexity index is 1810. The minimum absolute atomic E-state index is 0.189. The van der Waals surface area contributed by atoms with Gasteiger partial charge in [0.2, 0.25) is 0 Å². The first-order valence-electron chi connectivity index (χ1n) is 12.7. The molecule has 4 aromatic carbocycles. The highest BCUT2D eigenvalue weighted by Gasteiger charge is 2.36. The number of aromatic nitrogens is 1. The van der Waals surface area contributed by atoms with E-state index in [1.54, 1.807) is 6.08 Å². The number of fused-ring (bicyclic) bond motifs is 2. The highest BCUT2D eigenvalue weighted by molar-refractivity contribution is 8.18. The molecule has 0 aliphatic carbocycles. The summed E-state index contributed by atoms with van der Waals surface area (Å²) in [6.07, 6.45) is 1.66. The fourth-order valence-corrected chi connectivity index (χ4v) is 5.65. The second kappa shape index (κ2) is 10.7. The third kappa shape index (κ3) is 5.21. The fraction of sp³-hybridized carbons (Fsp3) is 0.0938. The van der Waals surface area contributed by atoms with E-state index in [1.807, 2.05) is 66.7 Å². The number of nitrogens with zero attached hydrogens (tertiary/aromatic N) is 2. The van der Waals surface area contributed by atoms with Gasteiger partial charge in [0.05, 0.1) is 4.91 Å². The molecule has 0 unspecified atom stereocenters. The number of aliphatic carboxylic acids is 1. The van der Waals surface area contributed by atoms with Crippen LogP contribution in [0.3, 0.4) is 0 Å². The molecule has 2 amide bonds. The monoisotopic (exact) mass is 548 g/mol. The molecule has 0 bridgehead atoms. The van der Waals surface area contributed by atoms with Crippen LogP contribution in [-0.4, -0.2) is 38.2 Å². The lowest BCUT2D eigenvalue weighted by molar-refractivity contribution is -0.140. The zero-order chi connectivity index (χ0) is 27.6. The van der Waals surface area contributed by atoms with Crippen LogP contribution < -0.4 is 4.74 Å². The summed E-state index contributed by atoms with van der Waals surface area (Å²) < 4.78 is 8.13. The van der Waals surface area contributed by atoms with Crippen LogP contribution in [0.5, 0.6) is 5.75 Å². The van der Waals surface area contributed by atoms with E-state index in [1.165, 1.54) is 0 Å². The van der Waals surface area contributed by atoms with Crippen molar-refractivity contribution < 1.29 is 24.2 Å². The van der Waals surface area contributed by atoms with E-state index in [-0.39, 0.29) is 4.91 Å². The number of imide groups is 1. The number of benzene rings is 4. The van der Waals surface area contributed by atoms with Gasteiger partial charge in [-0.3, -0.25) is 19.3 Å². The fourth-order valence-electron chi connectivity index (χ4n) is 4.82. The van der Waals surface area contributed by atoms with Crippen LogP contribution in [0.15, 0.2) is 102 Å². The third-order valence-corrected chi connectivity index (χ3v) is 7.66. The van der Waals surface area contributed by atoms with Crippen molar-refractivity contribution in [3.8, 4) is 5.75 Å². The Morgan fingerprint density at radius 2 is 1.60 bits per heavy atom. The molecule has 1 fully saturated rings. The van der Waals surface area contributed by atoms with E-state index in [4.69, 9.17) is 9.84 Å². The number of carbonyl (C=O) groups is 3. The van der Waals surface area contributed by atoms with E-state index in [9.17, 15) is 14.4 Å². The summed E-state index contributed by atoms with van der Waals surface area (Å²) in [6.45, 7) is 0.307. The summed E-state index contributed by atoms with van der Waals surface area (Å²) in [5, 5.41) is 11.7. The molecular weight excluding hydrogens is 524 g/mol. The van der Waals surface area contributed by atoms with Crippen molar-refractivity contribution in [1.29, 1.82) is 0 Å². The number of amides is 2. The van der Waals surface area contributed by atoms with Crippen LogP contribution >= 0.6 is 11.8 Å². The molecule has 2 heterocycles. The molecule has 6 rings (SSSR count). The number of ether oxygens (including phenoxy) is 1. The van der Waals surface area contributed by atoms with Crippen molar-refractivity contribution in [2.24, 2.45) is 0 Å². The van der Waals surface area contributed by atoms with E-state index in [0.717, 1.165) is 55.2 Å². The predicted molar refractivity (Wildman–Crippen MR) is 156 cm³/mol. The quantitative estimate of drug-likeness (QED) is 0.222. The molecule has 0 atom stereocenters. The van der Waals surface area contributed by atoms with Gasteiger partial charge in [-0.1, -0.05) is 66.7 Å². The van der Waals surface area contributed by atoms with Gasteiger partial charge in [0, 0.05) is 23.1 Å². The van der Waals surface area contributed by atoms with Crippen LogP contribution in [-0.2, 0) is 22.7 Å². The summed E-state index contributed by atoms with van der Waals surface area (Å²) >= 11 is 0.751. The largest absolute Gasteiger partial charge is 0.489 e. The Balaban J connectivity index is 1.38. The number of rotatable bonds is 8. The highest BCUT2D eigenvalue weighted by Crippen LogP contribution is 2.34. The minimum atomic E-state index is -1.24. The average molecular weight is 549 g/mol. The average Bonchev–Trinajstić information content (AvgIpc) is 3.42.